The smallest absolute Gasteiger partial charge is 0.0401 e. The third-order valence-electron chi connectivity index (χ3n) is 4.20. The first-order valence-electron chi connectivity index (χ1n) is 7.33. The minimum Gasteiger partial charge on any atom is -0.367 e. The van der Waals surface area contributed by atoms with Gasteiger partial charge in [-0.15, -0.1) is 0 Å². The minimum atomic E-state index is 0.604. The summed E-state index contributed by atoms with van der Waals surface area (Å²) in [5, 5.41) is 3.65. The van der Waals surface area contributed by atoms with Crippen molar-refractivity contribution in [3.63, 3.8) is 0 Å². The van der Waals surface area contributed by atoms with E-state index in [0.29, 0.717) is 6.04 Å². The molecular weight excluding hydrogens is 220 g/mol. The number of fused-ring (bicyclic) bond motifs is 1. The van der Waals surface area contributed by atoms with Gasteiger partial charge in [0.25, 0.3) is 0 Å². The lowest BCUT2D eigenvalue weighted by Gasteiger charge is -2.36. The molecule has 1 saturated carbocycles. The molecule has 1 aliphatic heterocycles. The molecule has 1 unspecified atom stereocenters. The van der Waals surface area contributed by atoms with E-state index in [-0.39, 0.29) is 0 Å². The average Bonchev–Trinajstić information content (AvgIpc) is 3.19. The molecule has 18 heavy (non-hydrogen) atoms. The Kier molecular flexibility index (Phi) is 3.29. The molecule has 0 aromatic heterocycles. The molecule has 0 spiro atoms. The Morgan fingerprint density at radius 1 is 1.39 bits per heavy atom. The van der Waals surface area contributed by atoms with E-state index in [0.717, 1.165) is 12.6 Å². The Morgan fingerprint density at radius 3 is 3.00 bits per heavy atom. The van der Waals surface area contributed by atoms with Crippen LogP contribution in [0, 0.1) is 6.92 Å². The summed E-state index contributed by atoms with van der Waals surface area (Å²) in [7, 11) is 0. The molecule has 0 bridgehead atoms. The Labute approximate surface area is 110 Å². The van der Waals surface area contributed by atoms with Crippen molar-refractivity contribution in [3.8, 4) is 0 Å². The van der Waals surface area contributed by atoms with E-state index >= 15 is 0 Å². The fourth-order valence-corrected chi connectivity index (χ4v) is 2.95. The second-order valence-electron chi connectivity index (χ2n) is 5.96. The van der Waals surface area contributed by atoms with Crippen LogP contribution >= 0.6 is 0 Å². The number of hydrogen-bond donors (Lipinski definition) is 1. The molecule has 1 aromatic carbocycles. The summed E-state index contributed by atoms with van der Waals surface area (Å²) in [5.41, 5.74) is 4.40. The van der Waals surface area contributed by atoms with E-state index in [1.54, 1.807) is 5.56 Å². The highest BCUT2D eigenvalue weighted by molar-refractivity contribution is 5.57. The number of rotatable bonds is 4. The number of anilines is 1. The summed E-state index contributed by atoms with van der Waals surface area (Å²) in [4.78, 5) is 2.59. The molecule has 0 saturated heterocycles. The third kappa shape index (κ3) is 2.54. The van der Waals surface area contributed by atoms with Gasteiger partial charge in [0.15, 0.2) is 0 Å². The molecule has 0 amide bonds. The fourth-order valence-electron chi connectivity index (χ4n) is 2.95. The number of nitrogens with one attached hydrogen (secondary N) is 1. The van der Waals surface area contributed by atoms with Gasteiger partial charge in [0.2, 0.25) is 0 Å². The Hall–Kier alpha value is -1.02. The van der Waals surface area contributed by atoms with Gasteiger partial charge in [0, 0.05) is 30.9 Å². The molecule has 3 rings (SSSR count). The minimum absolute atomic E-state index is 0.604. The molecular formula is C16H24N2. The zero-order valence-electron chi connectivity index (χ0n) is 11.6. The highest BCUT2D eigenvalue weighted by atomic mass is 15.2. The van der Waals surface area contributed by atoms with Crippen LogP contribution in [0.2, 0.25) is 0 Å². The van der Waals surface area contributed by atoms with E-state index in [1.165, 1.54) is 43.5 Å². The van der Waals surface area contributed by atoms with Crippen molar-refractivity contribution >= 4 is 5.69 Å². The zero-order chi connectivity index (χ0) is 12.5. The molecule has 2 heteroatoms. The lowest BCUT2D eigenvalue weighted by atomic mass is 9.98. The molecule has 1 atom stereocenters. The number of aryl methyl sites for hydroxylation is 2. The van der Waals surface area contributed by atoms with Gasteiger partial charge >= 0.3 is 0 Å². The van der Waals surface area contributed by atoms with Crippen molar-refractivity contribution in [2.75, 3.05) is 18.0 Å². The topological polar surface area (TPSA) is 15.3 Å². The van der Waals surface area contributed by atoms with Crippen LogP contribution < -0.4 is 10.2 Å². The van der Waals surface area contributed by atoms with E-state index < -0.39 is 0 Å². The third-order valence-corrected chi connectivity index (χ3v) is 4.20. The molecule has 2 nitrogen and oxygen atoms in total. The largest absolute Gasteiger partial charge is 0.367 e. The summed E-state index contributed by atoms with van der Waals surface area (Å²) < 4.78 is 0. The number of hydrogen-bond acceptors (Lipinski definition) is 2. The summed E-state index contributed by atoms with van der Waals surface area (Å²) in [6.45, 7) is 6.88. The van der Waals surface area contributed by atoms with Crippen LogP contribution in [0.3, 0.4) is 0 Å². The van der Waals surface area contributed by atoms with Crippen molar-refractivity contribution in [2.24, 2.45) is 0 Å². The molecule has 98 valence electrons. The maximum atomic E-state index is 3.65. The van der Waals surface area contributed by atoms with Gasteiger partial charge in [-0.2, -0.15) is 0 Å². The standard InChI is InChI=1S/C16H24N2/c1-12-5-8-16-14(10-12)4-3-9-18(16)13(2)11-17-15-6-7-15/h5,8,10,13,15,17H,3-4,6-7,9,11H2,1-2H3. The molecule has 1 N–H and O–H groups in total. The predicted molar refractivity (Wildman–Crippen MR) is 77.3 cm³/mol. The van der Waals surface area contributed by atoms with Crippen LogP contribution in [0.1, 0.15) is 37.3 Å². The first kappa shape index (κ1) is 12.0. The van der Waals surface area contributed by atoms with E-state index in [1.807, 2.05) is 0 Å². The number of benzene rings is 1. The highest BCUT2D eigenvalue weighted by Gasteiger charge is 2.24. The lowest BCUT2D eigenvalue weighted by molar-refractivity contribution is 0.539. The van der Waals surface area contributed by atoms with Crippen LogP contribution in [0.4, 0.5) is 5.69 Å². The lowest BCUT2D eigenvalue weighted by Crippen LogP contribution is -2.43. The van der Waals surface area contributed by atoms with Crippen LogP contribution in [0.25, 0.3) is 0 Å². The highest BCUT2D eigenvalue weighted by Crippen LogP contribution is 2.29. The quantitative estimate of drug-likeness (QED) is 0.876. The Balaban J connectivity index is 1.72. The molecule has 1 heterocycles. The van der Waals surface area contributed by atoms with Gasteiger partial charge in [0.1, 0.15) is 0 Å². The van der Waals surface area contributed by atoms with Gasteiger partial charge in [-0.05, 0) is 51.2 Å². The summed E-state index contributed by atoms with van der Waals surface area (Å²) in [6, 6.07) is 8.35. The molecule has 1 aliphatic carbocycles. The monoisotopic (exact) mass is 244 g/mol. The van der Waals surface area contributed by atoms with Crippen molar-refractivity contribution in [1.29, 1.82) is 0 Å². The maximum Gasteiger partial charge on any atom is 0.0401 e. The van der Waals surface area contributed by atoms with Crippen molar-refractivity contribution in [2.45, 2.75) is 51.6 Å². The van der Waals surface area contributed by atoms with Crippen LogP contribution in [-0.4, -0.2) is 25.2 Å². The van der Waals surface area contributed by atoms with E-state index in [2.05, 4.69) is 42.3 Å². The predicted octanol–water partition coefficient (Wildman–Crippen LogP) is 2.89. The maximum absolute atomic E-state index is 3.65. The second kappa shape index (κ2) is 4.93. The molecule has 1 aromatic rings. The molecule has 0 radical (unpaired) electrons. The second-order valence-corrected chi connectivity index (χ2v) is 5.96. The first-order chi connectivity index (χ1) is 8.74. The average molecular weight is 244 g/mol. The van der Waals surface area contributed by atoms with Crippen LogP contribution in [0.15, 0.2) is 18.2 Å². The van der Waals surface area contributed by atoms with E-state index in [9.17, 15) is 0 Å². The first-order valence-corrected chi connectivity index (χ1v) is 7.33. The van der Waals surface area contributed by atoms with Gasteiger partial charge in [-0.3, -0.25) is 0 Å². The van der Waals surface area contributed by atoms with Gasteiger partial charge in [-0.25, -0.2) is 0 Å². The van der Waals surface area contributed by atoms with Gasteiger partial charge in [0.05, 0.1) is 0 Å². The molecule has 2 aliphatic rings. The van der Waals surface area contributed by atoms with Crippen molar-refractivity contribution in [3.05, 3.63) is 29.3 Å². The summed E-state index contributed by atoms with van der Waals surface area (Å²) in [5.74, 6) is 0. The van der Waals surface area contributed by atoms with Crippen molar-refractivity contribution in [1.82, 2.24) is 5.32 Å². The Morgan fingerprint density at radius 2 is 2.22 bits per heavy atom. The number of nitrogens with zero attached hydrogens (tertiary/aromatic N) is 1. The van der Waals surface area contributed by atoms with Crippen LogP contribution in [0.5, 0.6) is 0 Å². The summed E-state index contributed by atoms with van der Waals surface area (Å²) in [6.07, 6.45) is 5.30. The van der Waals surface area contributed by atoms with Crippen LogP contribution in [-0.2, 0) is 6.42 Å². The van der Waals surface area contributed by atoms with Gasteiger partial charge in [-0.1, -0.05) is 17.7 Å². The normalized spacial score (nSPS) is 20.7. The SMILES string of the molecule is Cc1ccc2c(c1)CCCN2C(C)CNC1CC1. The van der Waals surface area contributed by atoms with E-state index in [4.69, 9.17) is 0 Å². The Bertz CT molecular complexity index is 423. The fraction of sp³-hybridized carbons (Fsp3) is 0.625. The zero-order valence-corrected chi connectivity index (χ0v) is 11.6. The van der Waals surface area contributed by atoms with Gasteiger partial charge < -0.3 is 10.2 Å². The summed E-state index contributed by atoms with van der Waals surface area (Å²) >= 11 is 0. The van der Waals surface area contributed by atoms with Crippen molar-refractivity contribution < 1.29 is 0 Å². The molecule has 1 fully saturated rings.